The number of hydrogen-bond acceptors (Lipinski definition) is 1. The van der Waals surface area contributed by atoms with Gasteiger partial charge in [0, 0.05) is 17.6 Å². The molecule has 1 heterocycles. The van der Waals surface area contributed by atoms with Crippen LogP contribution in [0, 0.1) is 20.8 Å². The Morgan fingerprint density at radius 3 is 2.42 bits per heavy atom. The van der Waals surface area contributed by atoms with Crippen molar-refractivity contribution in [1.29, 1.82) is 0 Å². The molecule has 2 nitrogen and oxygen atoms in total. The Hall–Kier alpha value is -0.310. The predicted octanol–water partition coefficient (Wildman–Crippen LogP) is 2.59. The van der Waals surface area contributed by atoms with E-state index in [9.17, 15) is 0 Å². The first-order valence-corrected chi connectivity index (χ1v) is 5.35. The van der Waals surface area contributed by atoms with E-state index in [2.05, 4.69) is 46.5 Å². The van der Waals surface area contributed by atoms with E-state index in [1.54, 1.807) is 0 Å². The molecule has 0 amide bonds. The number of aryl methyl sites for hydroxylation is 2. The number of aromatic nitrogens is 2. The molecule has 3 heteroatoms. The van der Waals surface area contributed by atoms with Crippen molar-refractivity contribution in [2.24, 2.45) is 0 Å². The van der Waals surface area contributed by atoms with Crippen LogP contribution in [0.1, 0.15) is 23.4 Å². The third kappa shape index (κ3) is 1.89. The largest absolute Gasteiger partial charge is 0.269 e. The first kappa shape index (κ1) is 9.78. The number of nitrogens with zero attached hydrogens (tertiary/aromatic N) is 2. The summed E-state index contributed by atoms with van der Waals surface area (Å²) in [7, 11) is 0. The van der Waals surface area contributed by atoms with Crippen LogP contribution in [0.2, 0.25) is 0 Å². The van der Waals surface area contributed by atoms with Crippen LogP contribution in [0.3, 0.4) is 0 Å². The maximum absolute atomic E-state index is 4.44. The molecule has 0 N–H and O–H groups in total. The molecule has 0 radical (unpaired) electrons. The van der Waals surface area contributed by atoms with Crippen LogP contribution in [-0.2, 0) is 6.54 Å². The molecule has 1 aromatic heterocycles. The quantitative estimate of drug-likeness (QED) is 0.731. The highest BCUT2D eigenvalue weighted by Gasteiger charge is 2.05. The third-order valence-corrected chi connectivity index (χ3v) is 2.81. The van der Waals surface area contributed by atoms with Crippen molar-refractivity contribution in [2.75, 3.05) is 5.33 Å². The summed E-state index contributed by atoms with van der Waals surface area (Å²) in [6.45, 7) is 7.34. The smallest absolute Gasteiger partial charge is 0.0625 e. The molecular formula is C9H15BrN2. The molecular weight excluding hydrogens is 216 g/mol. The average Bonchev–Trinajstić information content (AvgIpc) is 2.30. The molecule has 0 spiro atoms. The third-order valence-electron chi connectivity index (χ3n) is 2.25. The molecule has 1 rings (SSSR count). The van der Waals surface area contributed by atoms with Gasteiger partial charge >= 0.3 is 0 Å². The molecule has 0 saturated heterocycles. The van der Waals surface area contributed by atoms with Gasteiger partial charge in [-0.1, -0.05) is 15.9 Å². The minimum atomic E-state index is 1.02. The molecule has 0 saturated carbocycles. The van der Waals surface area contributed by atoms with Gasteiger partial charge in [0.15, 0.2) is 0 Å². The Morgan fingerprint density at radius 1 is 1.33 bits per heavy atom. The molecule has 1 aromatic rings. The highest BCUT2D eigenvalue weighted by atomic mass is 79.9. The minimum Gasteiger partial charge on any atom is -0.269 e. The van der Waals surface area contributed by atoms with E-state index >= 15 is 0 Å². The number of halogens is 1. The van der Waals surface area contributed by atoms with Crippen molar-refractivity contribution in [2.45, 2.75) is 33.7 Å². The van der Waals surface area contributed by atoms with E-state index in [1.165, 1.54) is 11.3 Å². The van der Waals surface area contributed by atoms with Gasteiger partial charge in [0.25, 0.3) is 0 Å². The Labute approximate surface area is 82.1 Å². The molecule has 12 heavy (non-hydrogen) atoms. The van der Waals surface area contributed by atoms with Crippen molar-refractivity contribution in [1.82, 2.24) is 9.78 Å². The fraction of sp³-hybridized carbons (Fsp3) is 0.667. The zero-order chi connectivity index (χ0) is 9.14. The zero-order valence-corrected chi connectivity index (χ0v) is 9.48. The summed E-state index contributed by atoms with van der Waals surface area (Å²) >= 11 is 3.42. The van der Waals surface area contributed by atoms with Gasteiger partial charge in [-0.15, -0.1) is 0 Å². The predicted molar refractivity (Wildman–Crippen MR) is 54.8 cm³/mol. The van der Waals surface area contributed by atoms with Gasteiger partial charge in [0.2, 0.25) is 0 Å². The van der Waals surface area contributed by atoms with Crippen LogP contribution < -0.4 is 0 Å². The molecule has 0 aliphatic carbocycles. The highest BCUT2D eigenvalue weighted by Crippen LogP contribution is 2.11. The van der Waals surface area contributed by atoms with Crippen molar-refractivity contribution >= 4 is 15.9 Å². The molecule has 0 bridgehead atoms. The lowest BCUT2D eigenvalue weighted by Gasteiger charge is -2.01. The highest BCUT2D eigenvalue weighted by molar-refractivity contribution is 9.09. The second-order valence-corrected chi connectivity index (χ2v) is 3.85. The van der Waals surface area contributed by atoms with Gasteiger partial charge < -0.3 is 0 Å². The Bertz CT molecular complexity index is 266. The first-order valence-electron chi connectivity index (χ1n) is 4.23. The summed E-state index contributed by atoms with van der Waals surface area (Å²) in [5.41, 5.74) is 3.78. The summed E-state index contributed by atoms with van der Waals surface area (Å²) < 4.78 is 2.09. The Kier molecular flexibility index (Phi) is 3.32. The standard InChI is InChI=1S/C9H15BrN2/c1-7-8(2)11-12(9(7)3)6-4-5-10/h4-6H2,1-3H3. The summed E-state index contributed by atoms with van der Waals surface area (Å²) in [6.07, 6.45) is 1.14. The van der Waals surface area contributed by atoms with E-state index in [4.69, 9.17) is 0 Å². The van der Waals surface area contributed by atoms with Gasteiger partial charge in [-0.2, -0.15) is 5.10 Å². The Morgan fingerprint density at radius 2 is 2.00 bits per heavy atom. The monoisotopic (exact) mass is 230 g/mol. The van der Waals surface area contributed by atoms with Crippen LogP contribution in [0.25, 0.3) is 0 Å². The van der Waals surface area contributed by atoms with Gasteiger partial charge in [-0.05, 0) is 32.8 Å². The van der Waals surface area contributed by atoms with Gasteiger partial charge in [-0.25, -0.2) is 0 Å². The second-order valence-electron chi connectivity index (χ2n) is 3.06. The fourth-order valence-corrected chi connectivity index (χ4v) is 1.46. The van der Waals surface area contributed by atoms with Crippen LogP contribution in [0.4, 0.5) is 0 Å². The Balaban J connectivity index is 2.79. The molecule has 0 aromatic carbocycles. The van der Waals surface area contributed by atoms with E-state index in [1.807, 2.05) is 0 Å². The average molecular weight is 231 g/mol. The van der Waals surface area contributed by atoms with E-state index in [-0.39, 0.29) is 0 Å². The first-order chi connectivity index (χ1) is 5.66. The molecule has 68 valence electrons. The van der Waals surface area contributed by atoms with E-state index in [0.717, 1.165) is 24.0 Å². The number of alkyl halides is 1. The number of hydrogen-bond donors (Lipinski definition) is 0. The van der Waals surface area contributed by atoms with Gasteiger partial charge in [0.05, 0.1) is 5.69 Å². The molecule has 0 aliphatic heterocycles. The lowest BCUT2D eigenvalue weighted by Crippen LogP contribution is -2.02. The van der Waals surface area contributed by atoms with Gasteiger partial charge in [-0.3, -0.25) is 4.68 Å². The summed E-state index contributed by atoms with van der Waals surface area (Å²) in [5, 5.41) is 5.49. The lowest BCUT2D eigenvalue weighted by molar-refractivity contribution is 0.587. The van der Waals surface area contributed by atoms with Crippen molar-refractivity contribution < 1.29 is 0 Å². The lowest BCUT2D eigenvalue weighted by atomic mass is 10.2. The zero-order valence-electron chi connectivity index (χ0n) is 7.89. The molecule has 0 unspecified atom stereocenters. The van der Waals surface area contributed by atoms with Crippen molar-refractivity contribution in [3.63, 3.8) is 0 Å². The van der Waals surface area contributed by atoms with E-state index in [0.29, 0.717) is 0 Å². The van der Waals surface area contributed by atoms with Crippen LogP contribution in [0.15, 0.2) is 0 Å². The fourth-order valence-electron chi connectivity index (χ4n) is 1.21. The topological polar surface area (TPSA) is 17.8 Å². The van der Waals surface area contributed by atoms with Crippen molar-refractivity contribution in [3.05, 3.63) is 17.0 Å². The summed E-state index contributed by atoms with van der Waals surface area (Å²) in [4.78, 5) is 0. The summed E-state index contributed by atoms with van der Waals surface area (Å²) in [5.74, 6) is 0. The number of rotatable bonds is 3. The SMILES string of the molecule is Cc1nn(CCCBr)c(C)c1C. The minimum absolute atomic E-state index is 1.02. The second kappa shape index (κ2) is 4.08. The summed E-state index contributed by atoms with van der Waals surface area (Å²) in [6, 6.07) is 0. The molecule has 0 atom stereocenters. The van der Waals surface area contributed by atoms with Crippen LogP contribution in [0.5, 0.6) is 0 Å². The van der Waals surface area contributed by atoms with Crippen LogP contribution >= 0.6 is 15.9 Å². The van der Waals surface area contributed by atoms with Crippen LogP contribution in [-0.4, -0.2) is 15.1 Å². The molecule has 0 fully saturated rings. The normalized spacial score (nSPS) is 10.7. The van der Waals surface area contributed by atoms with Gasteiger partial charge in [0.1, 0.15) is 0 Å². The van der Waals surface area contributed by atoms with E-state index < -0.39 is 0 Å². The van der Waals surface area contributed by atoms with Crippen molar-refractivity contribution in [3.8, 4) is 0 Å². The molecule has 0 aliphatic rings. The maximum atomic E-state index is 4.44. The maximum Gasteiger partial charge on any atom is 0.0625 e.